The average Bonchev–Trinajstić information content (AvgIpc) is 2.51. The van der Waals surface area contributed by atoms with E-state index in [9.17, 15) is 0 Å². The highest BCUT2D eigenvalue weighted by atomic mass is 15.1. The molecule has 2 aromatic heterocycles. The molecule has 3 heterocycles. The zero-order valence-corrected chi connectivity index (χ0v) is 11.7. The maximum atomic E-state index is 4.41. The molecule has 1 aliphatic rings. The molecule has 0 bridgehead atoms. The summed E-state index contributed by atoms with van der Waals surface area (Å²) in [4.78, 5) is 15.5. The van der Waals surface area contributed by atoms with E-state index in [-0.39, 0.29) is 0 Å². The van der Waals surface area contributed by atoms with Crippen LogP contribution in [0.15, 0.2) is 48.4 Å². The van der Waals surface area contributed by atoms with E-state index in [2.05, 4.69) is 32.9 Å². The molecule has 0 spiro atoms. The second kappa shape index (κ2) is 5.92. The molecule has 1 aliphatic heterocycles. The van der Waals surface area contributed by atoms with Gasteiger partial charge in [-0.05, 0) is 25.5 Å². The van der Waals surface area contributed by atoms with Crippen molar-refractivity contribution < 1.29 is 0 Å². The normalized spacial score (nSPS) is 15.9. The Bertz CT molecular complexity index is 590. The van der Waals surface area contributed by atoms with Crippen molar-refractivity contribution in [3.8, 4) is 11.5 Å². The first-order valence-corrected chi connectivity index (χ1v) is 6.91. The lowest BCUT2D eigenvalue weighted by Gasteiger charge is -2.24. The third-order valence-electron chi connectivity index (χ3n) is 3.53. The molecule has 0 aliphatic carbocycles. The van der Waals surface area contributed by atoms with Crippen LogP contribution in [0, 0.1) is 0 Å². The summed E-state index contributed by atoms with van der Waals surface area (Å²) in [6.45, 7) is 5.24. The first kappa shape index (κ1) is 12.9. The van der Waals surface area contributed by atoms with Gasteiger partial charge in [-0.2, -0.15) is 0 Å². The number of pyridine rings is 1. The molecule has 0 fully saturated rings. The van der Waals surface area contributed by atoms with Crippen LogP contribution in [-0.4, -0.2) is 32.9 Å². The fourth-order valence-electron chi connectivity index (χ4n) is 2.28. The van der Waals surface area contributed by atoms with E-state index >= 15 is 0 Å². The Hall–Kier alpha value is -2.07. The number of rotatable bonds is 3. The molecule has 2 aromatic rings. The van der Waals surface area contributed by atoms with Crippen LogP contribution in [0.3, 0.4) is 0 Å². The smallest absolute Gasteiger partial charge is 0.178 e. The van der Waals surface area contributed by atoms with Gasteiger partial charge in [0.15, 0.2) is 5.82 Å². The largest absolute Gasteiger partial charge is 0.295 e. The van der Waals surface area contributed by atoms with Gasteiger partial charge >= 0.3 is 0 Å². The molecule has 0 amide bonds. The van der Waals surface area contributed by atoms with Crippen molar-refractivity contribution in [3.05, 3.63) is 54.0 Å². The van der Waals surface area contributed by atoms with Gasteiger partial charge in [-0.1, -0.05) is 17.7 Å². The average molecular weight is 266 g/mol. The van der Waals surface area contributed by atoms with Gasteiger partial charge < -0.3 is 0 Å². The van der Waals surface area contributed by atoms with E-state index in [0.29, 0.717) is 5.82 Å². The van der Waals surface area contributed by atoms with Gasteiger partial charge in [0.25, 0.3) is 0 Å². The summed E-state index contributed by atoms with van der Waals surface area (Å²) in [5, 5.41) is 0. The predicted molar refractivity (Wildman–Crippen MR) is 78.9 cm³/mol. The SMILES string of the molecule is CC1=CCN(Cc2cnc(-c3ccccn3)nc2)CC1. The fourth-order valence-corrected chi connectivity index (χ4v) is 2.28. The van der Waals surface area contributed by atoms with Crippen LogP contribution in [0.1, 0.15) is 18.9 Å². The first-order valence-electron chi connectivity index (χ1n) is 6.91. The van der Waals surface area contributed by atoms with Crippen LogP contribution in [0.4, 0.5) is 0 Å². The number of nitrogens with zero attached hydrogens (tertiary/aromatic N) is 4. The van der Waals surface area contributed by atoms with E-state index in [0.717, 1.165) is 37.3 Å². The minimum atomic E-state index is 0.684. The molecule has 4 heteroatoms. The van der Waals surface area contributed by atoms with Crippen LogP contribution in [-0.2, 0) is 6.54 Å². The van der Waals surface area contributed by atoms with Gasteiger partial charge in [-0.25, -0.2) is 9.97 Å². The molecular weight excluding hydrogens is 248 g/mol. The molecule has 0 saturated heterocycles. The molecule has 0 atom stereocenters. The van der Waals surface area contributed by atoms with Crippen molar-refractivity contribution in [2.24, 2.45) is 0 Å². The number of aromatic nitrogens is 3. The lowest BCUT2D eigenvalue weighted by molar-refractivity contribution is 0.285. The van der Waals surface area contributed by atoms with Crippen LogP contribution < -0.4 is 0 Å². The molecule has 0 N–H and O–H groups in total. The van der Waals surface area contributed by atoms with Gasteiger partial charge in [0.05, 0.1) is 0 Å². The third-order valence-corrected chi connectivity index (χ3v) is 3.53. The Kier molecular flexibility index (Phi) is 3.83. The lowest BCUT2D eigenvalue weighted by Crippen LogP contribution is -2.28. The van der Waals surface area contributed by atoms with Crippen molar-refractivity contribution in [1.82, 2.24) is 19.9 Å². The van der Waals surface area contributed by atoms with E-state index in [1.807, 2.05) is 30.6 Å². The highest BCUT2D eigenvalue weighted by molar-refractivity contribution is 5.47. The van der Waals surface area contributed by atoms with Crippen LogP contribution in [0.2, 0.25) is 0 Å². The molecule has 0 radical (unpaired) electrons. The van der Waals surface area contributed by atoms with E-state index < -0.39 is 0 Å². The summed E-state index contributed by atoms with van der Waals surface area (Å²) in [6, 6.07) is 5.76. The fraction of sp³-hybridized carbons (Fsp3) is 0.312. The van der Waals surface area contributed by atoms with Crippen molar-refractivity contribution in [1.29, 1.82) is 0 Å². The first-order chi connectivity index (χ1) is 9.81. The molecule has 4 nitrogen and oxygen atoms in total. The highest BCUT2D eigenvalue weighted by Gasteiger charge is 2.10. The Morgan fingerprint density at radius 1 is 1.15 bits per heavy atom. The molecule has 0 aromatic carbocycles. The monoisotopic (exact) mass is 266 g/mol. The van der Waals surface area contributed by atoms with Crippen molar-refractivity contribution in [2.75, 3.05) is 13.1 Å². The van der Waals surface area contributed by atoms with Crippen molar-refractivity contribution in [3.63, 3.8) is 0 Å². The molecule has 0 saturated carbocycles. The Morgan fingerprint density at radius 2 is 2.00 bits per heavy atom. The third kappa shape index (κ3) is 3.08. The second-order valence-corrected chi connectivity index (χ2v) is 5.17. The predicted octanol–water partition coefficient (Wildman–Crippen LogP) is 2.69. The molecule has 3 rings (SSSR count). The molecule has 0 unspecified atom stereocenters. The van der Waals surface area contributed by atoms with E-state index in [1.54, 1.807) is 6.20 Å². The summed E-state index contributed by atoms with van der Waals surface area (Å²) in [7, 11) is 0. The number of hydrogen-bond acceptors (Lipinski definition) is 4. The second-order valence-electron chi connectivity index (χ2n) is 5.17. The quantitative estimate of drug-likeness (QED) is 0.801. The van der Waals surface area contributed by atoms with E-state index in [4.69, 9.17) is 0 Å². The molecule has 102 valence electrons. The highest BCUT2D eigenvalue weighted by Crippen LogP contribution is 2.14. The molecule has 20 heavy (non-hydrogen) atoms. The van der Waals surface area contributed by atoms with Gasteiger partial charge in [0.2, 0.25) is 0 Å². The molecular formula is C16H18N4. The van der Waals surface area contributed by atoms with Crippen molar-refractivity contribution >= 4 is 0 Å². The zero-order chi connectivity index (χ0) is 13.8. The van der Waals surface area contributed by atoms with E-state index in [1.165, 1.54) is 5.57 Å². The van der Waals surface area contributed by atoms with Crippen LogP contribution in [0.25, 0.3) is 11.5 Å². The van der Waals surface area contributed by atoms with Crippen LogP contribution in [0.5, 0.6) is 0 Å². The number of hydrogen-bond donors (Lipinski definition) is 0. The van der Waals surface area contributed by atoms with Crippen molar-refractivity contribution in [2.45, 2.75) is 19.9 Å². The minimum absolute atomic E-state index is 0.684. The summed E-state index contributed by atoms with van der Waals surface area (Å²) in [6.07, 6.45) is 9.03. The summed E-state index contributed by atoms with van der Waals surface area (Å²) < 4.78 is 0. The zero-order valence-electron chi connectivity index (χ0n) is 11.7. The standard InChI is InChI=1S/C16H18N4/c1-13-5-8-20(9-6-13)12-14-10-18-16(19-11-14)15-4-2-3-7-17-15/h2-5,7,10-11H,6,8-9,12H2,1H3. The summed E-state index contributed by atoms with van der Waals surface area (Å²) >= 11 is 0. The topological polar surface area (TPSA) is 41.9 Å². The van der Waals surface area contributed by atoms with Gasteiger partial charge in [0.1, 0.15) is 5.69 Å². The van der Waals surface area contributed by atoms with Gasteiger partial charge in [-0.3, -0.25) is 9.88 Å². The Balaban J connectivity index is 1.68. The summed E-state index contributed by atoms with van der Waals surface area (Å²) in [5.74, 6) is 0.684. The Morgan fingerprint density at radius 3 is 2.65 bits per heavy atom. The Labute approximate surface area is 119 Å². The minimum Gasteiger partial charge on any atom is -0.295 e. The maximum absolute atomic E-state index is 4.41. The van der Waals surface area contributed by atoms with Gasteiger partial charge in [0, 0.05) is 43.8 Å². The van der Waals surface area contributed by atoms with Gasteiger partial charge in [-0.15, -0.1) is 0 Å². The maximum Gasteiger partial charge on any atom is 0.178 e. The lowest BCUT2D eigenvalue weighted by atomic mass is 10.1. The summed E-state index contributed by atoms with van der Waals surface area (Å²) in [5.41, 5.74) is 3.45. The van der Waals surface area contributed by atoms with Crippen LogP contribution >= 0.6 is 0 Å².